The molecule has 19 heavy (non-hydrogen) atoms. The van der Waals surface area contributed by atoms with Crippen molar-refractivity contribution in [3.63, 3.8) is 0 Å². The van der Waals surface area contributed by atoms with Crippen LogP contribution in [0.2, 0.25) is 0 Å². The molecule has 118 valence electrons. The van der Waals surface area contributed by atoms with E-state index in [0.29, 0.717) is 4.32 Å². The third-order valence-electron chi connectivity index (χ3n) is 4.17. The topological polar surface area (TPSA) is 35.0 Å². The normalized spacial score (nSPS) is 13.1. The van der Waals surface area contributed by atoms with Crippen molar-refractivity contribution in [2.75, 3.05) is 0 Å². The van der Waals surface area contributed by atoms with Crippen LogP contribution in [0.4, 0.5) is 0 Å². The van der Waals surface area contributed by atoms with Crippen LogP contribution in [0, 0.1) is 5.92 Å². The molecule has 0 radical (unpaired) electrons. The van der Waals surface area contributed by atoms with E-state index in [1.54, 1.807) is 0 Å². The Morgan fingerprint density at radius 3 is 1.58 bits per heavy atom. The van der Waals surface area contributed by atoms with Gasteiger partial charge in [-0.25, -0.2) is 0 Å². The van der Waals surface area contributed by atoms with Gasteiger partial charge in [0.2, 0.25) is 0 Å². The molecule has 0 aromatic carbocycles. The first-order chi connectivity index (χ1) is 8.64. The van der Waals surface area contributed by atoms with Crippen LogP contribution < -0.4 is 6.15 Å². The second kappa shape index (κ2) is 13.4. The molecule has 0 aromatic rings. The monoisotopic (exact) mass is 335 g/mol. The number of halogens is 1. The van der Waals surface area contributed by atoms with E-state index >= 15 is 0 Å². The van der Waals surface area contributed by atoms with Gasteiger partial charge in [-0.05, 0) is 31.6 Å². The number of rotatable bonds is 12. The number of hydrogen-bond acceptors (Lipinski definition) is 1. The summed E-state index contributed by atoms with van der Waals surface area (Å²) in [6.45, 7) is 9.28. The molecule has 0 heterocycles. The van der Waals surface area contributed by atoms with Crippen molar-refractivity contribution in [3.05, 3.63) is 0 Å². The van der Waals surface area contributed by atoms with Crippen LogP contribution >= 0.6 is 15.9 Å². The van der Waals surface area contributed by atoms with Gasteiger partial charge in [0.05, 0.1) is 0 Å². The molecule has 0 aliphatic heterocycles. The Morgan fingerprint density at radius 2 is 1.21 bits per heavy atom. The highest BCUT2D eigenvalue weighted by Crippen LogP contribution is 2.42. The number of hydrogen-bond donors (Lipinski definition) is 1. The highest BCUT2D eigenvalue weighted by atomic mass is 79.9. The summed E-state index contributed by atoms with van der Waals surface area (Å²) >= 11 is 4.19. The molecule has 1 unspecified atom stereocenters. The van der Waals surface area contributed by atoms with Gasteiger partial charge in [-0.15, -0.1) is 0 Å². The zero-order chi connectivity index (χ0) is 13.9. The summed E-state index contributed by atoms with van der Waals surface area (Å²) in [5, 5.41) is 0. The van der Waals surface area contributed by atoms with E-state index in [-0.39, 0.29) is 6.15 Å². The summed E-state index contributed by atoms with van der Waals surface area (Å²) in [6, 6.07) is 0. The second-order valence-electron chi connectivity index (χ2n) is 5.87. The summed E-state index contributed by atoms with van der Waals surface area (Å²) in [4.78, 5) is 0. The van der Waals surface area contributed by atoms with Gasteiger partial charge in [0.15, 0.2) is 0 Å². The summed E-state index contributed by atoms with van der Waals surface area (Å²) in [7, 11) is 0. The van der Waals surface area contributed by atoms with E-state index in [1.165, 1.54) is 70.6 Å². The Bertz CT molecular complexity index is 174. The molecule has 0 spiro atoms. The summed E-state index contributed by atoms with van der Waals surface area (Å²) < 4.78 is 0.435. The lowest BCUT2D eigenvalue weighted by Gasteiger charge is -2.37. The average molecular weight is 336 g/mol. The molecule has 0 amide bonds. The SMILES string of the molecule is CCCCC(CCC)C(Br)(CCCC)CCCC.N. The highest BCUT2D eigenvalue weighted by Gasteiger charge is 2.33. The first kappa shape index (κ1) is 21.7. The first-order valence-corrected chi connectivity index (χ1v) is 9.12. The van der Waals surface area contributed by atoms with Crippen LogP contribution in [0.1, 0.15) is 98.3 Å². The smallest absolute Gasteiger partial charge is 0.0286 e. The third-order valence-corrected chi connectivity index (χ3v) is 5.61. The van der Waals surface area contributed by atoms with Crippen molar-refractivity contribution in [3.8, 4) is 0 Å². The van der Waals surface area contributed by atoms with E-state index in [4.69, 9.17) is 0 Å². The minimum absolute atomic E-state index is 0. The molecule has 0 aromatic heterocycles. The maximum Gasteiger partial charge on any atom is 0.0286 e. The zero-order valence-corrected chi connectivity index (χ0v) is 15.5. The molecule has 0 aliphatic carbocycles. The van der Waals surface area contributed by atoms with E-state index in [9.17, 15) is 0 Å². The summed E-state index contributed by atoms with van der Waals surface area (Å²) in [6.07, 6.45) is 15.0. The fourth-order valence-corrected chi connectivity index (χ4v) is 3.95. The lowest BCUT2D eigenvalue weighted by atomic mass is 9.78. The van der Waals surface area contributed by atoms with Gasteiger partial charge in [0.1, 0.15) is 0 Å². The summed E-state index contributed by atoms with van der Waals surface area (Å²) in [5.41, 5.74) is 0. The van der Waals surface area contributed by atoms with Gasteiger partial charge in [0, 0.05) is 4.32 Å². The molecular formula is C17H38BrN. The van der Waals surface area contributed by atoms with Gasteiger partial charge in [-0.1, -0.05) is 88.6 Å². The van der Waals surface area contributed by atoms with E-state index in [1.807, 2.05) is 0 Å². The van der Waals surface area contributed by atoms with Crippen molar-refractivity contribution in [2.45, 2.75) is 103 Å². The molecule has 3 N–H and O–H groups in total. The Kier molecular flexibility index (Phi) is 15.4. The molecule has 0 saturated carbocycles. The molecule has 0 fully saturated rings. The molecule has 1 nitrogen and oxygen atoms in total. The summed E-state index contributed by atoms with van der Waals surface area (Å²) in [5.74, 6) is 0.889. The molecule has 0 aliphatic rings. The predicted molar refractivity (Wildman–Crippen MR) is 93.7 cm³/mol. The number of unbranched alkanes of at least 4 members (excludes halogenated alkanes) is 3. The predicted octanol–water partition coefficient (Wildman–Crippen LogP) is 7.27. The molecular weight excluding hydrogens is 298 g/mol. The van der Waals surface area contributed by atoms with E-state index < -0.39 is 0 Å². The lowest BCUT2D eigenvalue weighted by molar-refractivity contribution is 0.288. The van der Waals surface area contributed by atoms with Crippen LogP contribution in [0.3, 0.4) is 0 Å². The van der Waals surface area contributed by atoms with Crippen molar-refractivity contribution in [2.24, 2.45) is 5.92 Å². The molecule has 0 bridgehead atoms. The van der Waals surface area contributed by atoms with Crippen LogP contribution in [0.5, 0.6) is 0 Å². The lowest BCUT2D eigenvalue weighted by Crippen LogP contribution is -2.31. The standard InChI is InChI=1S/C17H35Br.H3N/c1-5-9-13-16(12-8-4)17(18,14-10-6-2)15-11-7-3;/h16H,5-15H2,1-4H3;1H3. The molecule has 0 saturated heterocycles. The van der Waals surface area contributed by atoms with Crippen molar-refractivity contribution >= 4 is 15.9 Å². The maximum atomic E-state index is 4.19. The average Bonchev–Trinajstić information content (AvgIpc) is 2.38. The quantitative estimate of drug-likeness (QED) is 0.374. The minimum Gasteiger partial charge on any atom is -0.344 e. The van der Waals surface area contributed by atoms with E-state index in [2.05, 4.69) is 43.6 Å². The minimum atomic E-state index is 0. The van der Waals surface area contributed by atoms with Gasteiger partial charge >= 0.3 is 0 Å². The highest BCUT2D eigenvalue weighted by molar-refractivity contribution is 9.10. The van der Waals surface area contributed by atoms with Crippen molar-refractivity contribution in [1.29, 1.82) is 0 Å². The first-order valence-electron chi connectivity index (χ1n) is 8.33. The van der Waals surface area contributed by atoms with Gasteiger partial charge in [0.25, 0.3) is 0 Å². The van der Waals surface area contributed by atoms with Crippen LogP contribution in [-0.4, -0.2) is 4.32 Å². The fraction of sp³-hybridized carbons (Fsp3) is 1.00. The Hall–Kier alpha value is 0.440. The number of alkyl halides is 1. The fourth-order valence-electron chi connectivity index (χ4n) is 2.94. The largest absolute Gasteiger partial charge is 0.344 e. The van der Waals surface area contributed by atoms with E-state index in [0.717, 1.165) is 5.92 Å². The molecule has 0 rings (SSSR count). The molecule has 2 heteroatoms. The van der Waals surface area contributed by atoms with Crippen molar-refractivity contribution < 1.29 is 0 Å². The Morgan fingerprint density at radius 1 is 0.737 bits per heavy atom. The third kappa shape index (κ3) is 9.07. The second-order valence-corrected chi connectivity index (χ2v) is 7.45. The molecule has 1 atom stereocenters. The Balaban J connectivity index is 0. The van der Waals surface area contributed by atoms with Gasteiger partial charge < -0.3 is 6.15 Å². The van der Waals surface area contributed by atoms with Crippen LogP contribution in [0.15, 0.2) is 0 Å². The zero-order valence-electron chi connectivity index (χ0n) is 13.9. The van der Waals surface area contributed by atoms with Crippen molar-refractivity contribution in [1.82, 2.24) is 6.15 Å². The Labute approximate surface area is 131 Å². The van der Waals surface area contributed by atoms with Crippen LogP contribution in [-0.2, 0) is 0 Å². The van der Waals surface area contributed by atoms with Gasteiger partial charge in [-0.3, -0.25) is 0 Å². The van der Waals surface area contributed by atoms with Crippen LogP contribution in [0.25, 0.3) is 0 Å². The van der Waals surface area contributed by atoms with Gasteiger partial charge in [-0.2, -0.15) is 0 Å². The maximum absolute atomic E-state index is 4.19.